The Hall–Kier alpha value is -2.08. The van der Waals surface area contributed by atoms with E-state index in [1.165, 1.54) is 6.07 Å². The molecule has 1 aliphatic carbocycles. The Morgan fingerprint density at radius 3 is 2.60 bits per heavy atom. The molecule has 2 aromatic rings. The van der Waals surface area contributed by atoms with Crippen LogP contribution < -0.4 is 10.9 Å². The van der Waals surface area contributed by atoms with Crippen LogP contribution in [0.15, 0.2) is 23.1 Å². The highest BCUT2D eigenvalue weighted by Gasteiger charge is 2.39. The molecule has 0 spiro atoms. The normalized spacial score (nSPS) is 24.8. The molecule has 0 radical (unpaired) electrons. The molecule has 2 aromatic heterocycles. The minimum atomic E-state index is -3.35. The van der Waals surface area contributed by atoms with Crippen LogP contribution in [0.2, 0.25) is 0 Å². The van der Waals surface area contributed by atoms with E-state index >= 15 is 0 Å². The standard InChI is InChI=1S/C24H37N5O5S/c1-23(2,34-4)12-15-35(32,33)28-13-9-18(10-14-28)26-22-25-16-17-7-8-20(30)29(21(17)27-22)19-6-5-11-24(19,3)31/h7-8,16,18-19,31H,5-6,9-15H2,1-4H3,(H,25,26,27)/t19-,24-/m1/s1. The molecule has 2 aliphatic rings. The van der Waals surface area contributed by atoms with Gasteiger partial charge in [-0.15, -0.1) is 0 Å². The molecule has 4 rings (SSSR count). The van der Waals surface area contributed by atoms with Gasteiger partial charge in [0.15, 0.2) is 0 Å². The number of nitrogens with one attached hydrogen (secondary N) is 1. The van der Waals surface area contributed by atoms with Crippen LogP contribution in [0.1, 0.15) is 65.3 Å². The molecular weight excluding hydrogens is 470 g/mol. The van der Waals surface area contributed by atoms with Gasteiger partial charge in [-0.25, -0.2) is 17.7 Å². The third-order valence-electron chi connectivity index (χ3n) is 7.55. The number of ether oxygens (including phenoxy) is 1. The SMILES string of the molecule is COC(C)(C)CCS(=O)(=O)N1CCC(Nc2ncc3ccc(=O)n([C@@H]4CCC[C@@]4(C)O)c3n2)CC1. The van der Waals surface area contributed by atoms with Crippen molar-refractivity contribution in [2.45, 2.75) is 82.6 Å². The van der Waals surface area contributed by atoms with Gasteiger partial charge in [-0.3, -0.25) is 9.36 Å². The lowest BCUT2D eigenvalue weighted by atomic mass is 10.00. The number of hydrogen-bond acceptors (Lipinski definition) is 8. The summed E-state index contributed by atoms with van der Waals surface area (Å²) in [5.41, 5.74) is -1.13. The maximum Gasteiger partial charge on any atom is 0.252 e. The zero-order chi connectivity index (χ0) is 25.4. The average molecular weight is 508 g/mol. The number of piperidine rings is 1. The van der Waals surface area contributed by atoms with Gasteiger partial charge in [0.05, 0.1) is 23.0 Å². The van der Waals surface area contributed by atoms with Gasteiger partial charge < -0.3 is 15.2 Å². The Bertz CT molecular complexity index is 1220. The van der Waals surface area contributed by atoms with Gasteiger partial charge in [0.2, 0.25) is 16.0 Å². The summed E-state index contributed by atoms with van der Waals surface area (Å²) in [6, 6.07) is 2.89. The molecule has 3 heterocycles. The fourth-order valence-electron chi connectivity index (χ4n) is 5.01. The lowest BCUT2D eigenvalue weighted by Gasteiger charge is -2.32. The quantitative estimate of drug-likeness (QED) is 0.557. The Balaban J connectivity index is 1.46. The Labute approximate surface area is 206 Å². The first-order valence-electron chi connectivity index (χ1n) is 12.3. The number of anilines is 1. The summed E-state index contributed by atoms with van der Waals surface area (Å²) in [4.78, 5) is 21.9. The second-order valence-corrected chi connectivity index (χ2v) is 12.7. The molecule has 2 N–H and O–H groups in total. The number of fused-ring (bicyclic) bond motifs is 1. The summed E-state index contributed by atoms with van der Waals surface area (Å²) in [6.45, 7) is 6.40. The van der Waals surface area contributed by atoms with E-state index < -0.39 is 21.2 Å². The predicted octanol–water partition coefficient (Wildman–Crippen LogP) is 2.29. The topological polar surface area (TPSA) is 127 Å². The number of aliphatic hydroxyl groups is 1. The number of hydrogen-bond donors (Lipinski definition) is 2. The first kappa shape index (κ1) is 26.0. The zero-order valence-corrected chi connectivity index (χ0v) is 21.8. The van der Waals surface area contributed by atoms with Crippen LogP contribution in [0.25, 0.3) is 11.0 Å². The molecule has 10 nitrogen and oxygen atoms in total. The van der Waals surface area contributed by atoms with Crippen molar-refractivity contribution in [3.8, 4) is 0 Å². The monoisotopic (exact) mass is 507 g/mol. The van der Waals surface area contributed by atoms with Crippen molar-refractivity contribution in [2.24, 2.45) is 0 Å². The van der Waals surface area contributed by atoms with E-state index in [4.69, 9.17) is 4.74 Å². The molecule has 1 saturated heterocycles. The second kappa shape index (κ2) is 9.76. The van der Waals surface area contributed by atoms with Crippen molar-refractivity contribution >= 4 is 27.0 Å². The smallest absolute Gasteiger partial charge is 0.252 e. The Morgan fingerprint density at radius 2 is 1.97 bits per heavy atom. The molecule has 1 saturated carbocycles. The van der Waals surface area contributed by atoms with Crippen LogP contribution in [0, 0.1) is 0 Å². The fourth-order valence-corrected chi connectivity index (χ4v) is 6.79. The van der Waals surface area contributed by atoms with Crippen LogP contribution >= 0.6 is 0 Å². The summed E-state index contributed by atoms with van der Waals surface area (Å²) in [6.07, 6.45) is 5.59. The van der Waals surface area contributed by atoms with Crippen LogP contribution in [0.4, 0.5) is 5.95 Å². The number of aromatic nitrogens is 3. The molecule has 11 heteroatoms. The number of nitrogens with zero attached hydrogens (tertiary/aromatic N) is 4. The maximum absolute atomic E-state index is 12.8. The molecule has 0 unspecified atom stereocenters. The number of rotatable bonds is 8. The summed E-state index contributed by atoms with van der Waals surface area (Å²) >= 11 is 0. The summed E-state index contributed by atoms with van der Waals surface area (Å²) in [5, 5.41) is 14.9. The minimum absolute atomic E-state index is 0.0211. The van der Waals surface area contributed by atoms with Gasteiger partial charge in [-0.1, -0.05) is 0 Å². The Kier molecular flexibility index (Phi) is 7.25. The maximum atomic E-state index is 12.8. The Morgan fingerprint density at radius 1 is 1.26 bits per heavy atom. The van der Waals surface area contributed by atoms with E-state index in [1.54, 1.807) is 35.2 Å². The first-order chi connectivity index (χ1) is 16.4. The van der Waals surface area contributed by atoms with E-state index in [2.05, 4.69) is 15.3 Å². The molecule has 0 aromatic carbocycles. The van der Waals surface area contributed by atoms with Gasteiger partial charge in [0, 0.05) is 43.9 Å². The van der Waals surface area contributed by atoms with Gasteiger partial charge >= 0.3 is 0 Å². The van der Waals surface area contributed by atoms with Crippen LogP contribution in [-0.2, 0) is 14.8 Å². The highest BCUT2D eigenvalue weighted by Crippen LogP contribution is 2.39. The molecule has 1 aliphatic heterocycles. The predicted molar refractivity (Wildman–Crippen MR) is 135 cm³/mol. The van der Waals surface area contributed by atoms with Crippen molar-refractivity contribution < 1.29 is 18.3 Å². The van der Waals surface area contributed by atoms with Gasteiger partial charge in [0.1, 0.15) is 5.65 Å². The second-order valence-electron chi connectivity index (χ2n) is 10.6. The molecule has 194 valence electrons. The molecule has 35 heavy (non-hydrogen) atoms. The van der Waals surface area contributed by atoms with Crippen molar-refractivity contribution in [2.75, 3.05) is 31.3 Å². The van der Waals surface area contributed by atoms with Crippen molar-refractivity contribution in [3.63, 3.8) is 0 Å². The van der Waals surface area contributed by atoms with E-state index in [-0.39, 0.29) is 23.4 Å². The largest absolute Gasteiger partial charge is 0.388 e. The molecule has 0 bridgehead atoms. The molecule has 0 amide bonds. The number of pyridine rings is 1. The highest BCUT2D eigenvalue weighted by atomic mass is 32.2. The molecule has 2 fully saturated rings. The number of methoxy groups -OCH3 is 1. The van der Waals surface area contributed by atoms with Gasteiger partial charge in [-0.05, 0) is 65.4 Å². The van der Waals surface area contributed by atoms with Crippen molar-refractivity contribution in [3.05, 3.63) is 28.7 Å². The third kappa shape index (κ3) is 5.68. The third-order valence-corrected chi connectivity index (χ3v) is 9.42. The summed E-state index contributed by atoms with van der Waals surface area (Å²) in [7, 11) is -1.76. The van der Waals surface area contributed by atoms with Crippen LogP contribution in [0.3, 0.4) is 0 Å². The van der Waals surface area contributed by atoms with E-state index in [9.17, 15) is 18.3 Å². The van der Waals surface area contributed by atoms with E-state index in [0.29, 0.717) is 56.8 Å². The minimum Gasteiger partial charge on any atom is -0.388 e. The summed E-state index contributed by atoms with van der Waals surface area (Å²) in [5.74, 6) is 0.458. The van der Waals surface area contributed by atoms with E-state index in [0.717, 1.165) is 11.8 Å². The first-order valence-corrected chi connectivity index (χ1v) is 13.9. The van der Waals surface area contributed by atoms with Crippen LogP contribution in [0.5, 0.6) is 0 Å². The lowest BCUT2D eigenvalue weighted by molar-refractivity contribution is 0.0200. The summed E-state index contributed by atoms with van der Waals surface area (Å²) < 4.78 is 34.1. The number of sulfonamides is 1. The van der Waals surface area contributed by atoms with Crippen LogP contribution in [-0.4, -0.2) is 75.6 Å². The highest BCUT2D eigenvalue weighted by molar-refractivity contribution is 7.89. The average Bonchev–Trinajstić information content (AvgIpc) is 3.16. The van der Waals surface area contributed by atoms with Crippen molar-refractivity contribution in [1.82, 2.24) is 18.8 Å². The lowest BCUT2D eigenvalue weighted by Crippen LogP contribution is -2.44. The van der Waals surface area contributed by atoms with E-state index in [1.807, 2.05) is 13.8 Å². The molecule has 2 atom stereocenters. The van der Waals surface area contributed by atoms with Gasteiger partial charge in [0.25, 0.3) is 5.56 Å². The fraction of sp³-hybridized carbons (Fsp3) is 0.708. The zero-order valence-electron chi connectivity index (χ0n) is 21.0. The van der Waals surface area contributed by atoms with Gasteiger partial charge in [-0.2, -0.15) is 4.98 Å². The van der Waals surface area contributed by atoms with Crippen molar-refractivity contribution in [1.29, 1.82) is 0 Å². The molecular formula is C24H37N5O5S.